The standard InChI is InChI=1S/C15H12BBrFNO4/c17-14-4-2-12(18)6-10(14)7-19-15(21)9-1-3-13(16(22)23)11(5-9)8-20/h1-6,8,22-23H,7H2,(H,19,21). The summed E-state index contributed by atoms with van der Waals surface area (Å²) in [5.41, 5.74) is 0.782. The predicted octanol–water partition coefficient (Wildman–Crippen LogP) is 1.01. The van der Waals surface area contributed by atoms with E-state index in [1.165, 1.54) is 30.3 Å². The van der Waals surface area contributed by atoms with Gasteiger partial charge in [-0.25, -0.2) is 4.39 Å². The third-order valence-corrected chi connectivity index (χ3v) is 3.97. The molecule has 0 heterocycles. The first-order valence-corrected chi connectivity index (χ1v) is 7.39. The summed E-state index contributed by atoms with van der Waals surface area (Å²) in [6.07, 6.45) is 0.439. The SMILES string of the molecule is O=Cc1cc(C(=O)NCc2cc(F)ccc2Br)ccc1B(O)O. The van der Waals surface area contributed by atoms with Crippen LogP contribution < -0.4 is 10.8 Å². The normalized spacial score (nSPS) is 10.3. The fourth-order valence-corrected chi connectivity index (χ4v) is 2.40. The van der Waals surface area contributed by atoms with Gasteiger partial charge in [0.05, 0.1) is 0 Å². The topological polar surface area (TPSA) is 86.6 Å². The van der Waals surface area contributed by atoms with Gasteiger partial charge in [-0.05, 0) is 41.4 Å². The van der Waals surface area contributed by atoms with Crippen LogP contribution in [0.2, 0.25) is 0 Å². The molecule has 5 nitrogen and oxygen atoms in total. The Hall–Kier alpha value is -2.03. The Bertz CT molecular complexity index is 754. The smallest absolute Gasteiger partial charge is 0.423 e. The second-order valence-corrected chi connectivity index (χ2v) is 5.61. The molecule has 0 spiro atoms. The number of carbonyl (C=O) groups is 2. The van der Waals surface area contributed by atoms with Crippen LogP contribution in [0.3, 0.4) is 0 Å². The zero-order valence-electron chi connectivity index (χ0n) is 11.8. The largest absolute Gasteiger partial charge is 0.489 e. The molecular formula is C15H12BBrFNO4. The van der Waals surface area contributed by atoms with Crippen LogP contribution in [0.25, 0.3) is 0 Å². The van der Waals surface area contributed by atoms with Crippen LogP contribution in [0.5, 0.6) is 0 Å². The van der Waals surface area contributed by atoms with E-state index in [0.29, 0.717) is 16.3 Å². The predicted molar refractivity (Wildman–Crippen MR) is 86.9 cm³/mol. The highest BCUT2D eigenvalue weighted by Gasteiger charge is 2.17. The Morgan fingerprint density at radius 3 is 2.65 bits per heavy atom. The van der Waals surface area contributed by atoms with Crippen molar-refractivity contribution < 1.29 is 24.0 Å². The highest BCUT2D eigenvalue weighted by Crippen LogP contribution is 2.17. The van der Waals surface area contributed by atoms with Gasteiger partial charge in [0, 0.05) is 22.1 Å². The van der Waals surface area contributed by atoms with Gasteiger partial charge >= 0.3 is 7.12 Å². The van der Waals surface area contributed by atoms with E-state index in [2.05, 4.69) is 21.2 Å². The third kappa shape index (κ3) is 4.25. The number of nitrogens with one attached hydrogen (secondary N) is 1. The summed E-state index contributed by atoms with van der Waals surface area (Å²) in [7, 11) is -1.80. The number of carbonyl (C=O) groups excluding carboxylic acids is 2. The van der Waals surface area contributed by atoms with E-state index < -0.39 is 18.8 Å². The quantitative estimate of drug-likeness (QED) is 0.534. The van der Waals surface area contributed by atoms with E-state index in [1.807, 2.05) is 0 Å². The van der Waals surface area contributed by atoms with E-state index >= 15 is 0 Å². The lowest BCUT2D eigenvalue weighted by atomic mass is 9.77. The molecule has 0 aromatic heterocycles. The molecule has 23 heavy (non-hydrogen) atoms. The third-order valence-electron chi connectivity index (χ3n) is 3.20. The number of rotatable bonds is 5. The van der Waals surface area contributed by atoms with Crippen molar-refractivity contribution in [2.75, 3.05) is 0 Å². The molecule has 118 valence electrons. The Balaban J connectivity index is 2.15. The van der Waals surface area contributed by atoms with Gasteiger partial charge in [-0.15, -0.1) is 0 Å². The molecule has 0 aliphatic heterocycles. The first-order chi connectivity index (χ1) is 10.9. The van der Waals surface area contributed by atoms with Crippen molar-refractivity contribution in [3.05, 3.63) is 63.4 Å². The van der Waals surface area contributed by atoms with E-state index in [0.717, 1.165) is 0 Å². The van der Waals surface area contributed by atoms with Crippen LogP contribution in [-0.2, 0) is 6.54 Å². The summed E-state index contributed by atoms with van der Waals surface area (Å²) in [6, 6.07) is 8.06. The van der Waals surface area contributed by atoms with Crippen molar-refractivity contribution in [3.8, 4) is 0 Å². The van der Waals surface area contributed by atoms with Crippen molar-refractivity contribution in [3.63, 3.8) is 0 Å². The number of halogens is 2. The van der Waals surface area contributed by atoms with Gasteiger partial charge in [0.25, 0.3) is 5.91 Å². The number of hydrogen-bond donors (Lipinski definition) is 3. The van der Waals surface area contributed by atoms with E-state index in [1.54, 1.807) is 6.07 Å². The molecule has 0 unspecified atom stereocenters. The van der Waals surface area contributed by atoms with Gasteiger partial charge in [-0.2, -0.15) is 0 Å². The molecule has 0 saturated heterocycles. The van der Waals surface area contributed by atoms with Gasteiger partial charge in [-0.3, -0.25) is 9.59 Å². The van der Waals surface area contributed by atoms with Crippen LogP contribution in [0.1, 0.15) is 26.3 Å². The minimum absolute atomic E-state index is 0.0135. The first kappa shape index (κ1) is 17.3. The molecule has 3 N–H and O–H groups in total. The van der Waals surface area contributed by atoms with Gasteiger partial charge < -0.3 is 15.4 Å². The van der Waals surface area contributed by atoms with Crippen LogP contribution in [0.4, 0.5) is 4.39 Å². The molecule has 0 saturated carbocycles. The summed E-state index contributed by atoms with van der Waals surface area (Å²) in [5.74, 6) is -0.884. The minimum atomic E-state index is -1.80. The molecule has 1 amide bonds. The lowest BCUT2D eigenvalue weighted by molar-refractivity contribution is 0.0950. The molecule has 0 aliphatic carbocycles. The maximum Gasteiger partial charge on any atom is 0.489 e. The average Bonchev–Trinajstić information content (AvgIpc) is 2.54. The molecule has 0 radical (unpaired) electrons. The highest BCUT2D eigenvalue weighted by molar-refractivity contribution is 9.10. The Morgan fingerprint density at radius 2 is 2.00 bits per heavy atom. The van der Waals surface area contributed by atoms with Crippen molar-refractivity contribution in [1.29, 1.82) is 0 Å². The highest BCUT2D eigenvalue weighted by atomic mass is 79.9. The second-order valence-electron chi connectivity index (χ2n) is 4.75. The molecule has 2 rings (SSSR count). The molecular weight excluding hydrogens is 368 g/mol. The van der Waals surface area contributed by atoms with Crippen LogP contribution in [-0.4, -0.2) is 29.4 Å². The monoisotopic (exact) mass is 379 g/mol. The lowest BCUT2D eigenvalue weighted by Crippen LogP contribution is -2.33. The maximum atomic E-state index is 13.2. The zero-order chi connectivity index (χ0) is 17.0. The van der Waals surface area contributed by atoms with Crippen LogP contribution in [0, 0.1) is 5.82 Å². The van der Waals surface area contributed by atoms with Gasteiger partial charge in [0.2, 0.25) is 0 Å². The lowest BCUT2D eigenvalue weighted by Gasteiger charge is -2.09. The van der Waals surface area contributed by atoms with Crippen molar-refractivity contribution in [1.82, 2.24) is 5.32 Å². The average molecular weight is 380 g/mol. The molecule has 0 bridgehead atoms. The summed E-state index contributed by atoms with van der Waals surface area (Å²) < 4.78 is 13.9. The van der Waals surface area contributed by atoms with E-state index in [9.17, 15) is 14.0 Å². The Morgan fingerprint density at radius 1 is 1.26 bits per heavy atom. The summed E-state index contributed by atoms with van der Waals surface area (Å²) in [5, 5.41) is 20.9. The number of benzene rings is 2. The minimum Gasteiger partial charge on any atom is -0.423 e. The second kappa shape index (κ2) is 7.50. The number of hydrogen-bond acceptors (Lipinski definition) is 4. The van der Waals surface area contributed by atoms with Crippen LogP contribution in [0.15, 0.2) is 40.9 Å². The molecule has 2 aromatic carbocycles. The molecule has 8 heteroatoms. The van der Waals surface area contributed by atoms with Crippen molar-refractivity contribution in [2.45, 2.75) is 6.54 Å². The fraction of sp³-hybridized carbons (Fsp3) is 0.0667. The first-order valence-electron chi connectivity index (χ1n) is 6.59. The number of aldehydes is 1. The molecule has 0 aliphatic rings. The molecule has 0 atom stereocenters. The Kier molecular flexibility index (Phi) is 5.65. The maximum absolute atomic E-state index is 13.2. The molecule has 0 fully saturated rings. The van der Waals surface area contributed by atoms with Crippen molar-refractivity contribution >= 4 is 40.7 Å². The van der Waals surface area contributed by atoms with E-state index in [4.69, 9.17) is 10.0 Å². The molecule has 2 aromatic rings. The summed E-state index contributed by atoms with van der Waals surface area (Å²) >= 11 is 3.27. The number of amides is 1. The summed E-state index contributed by atoms with van der Waals surface area (Å²) in [6.45, 7) is 0.0952. The van der Waals surface area contributed by atoms with Crippen LogP contribution >= 0.6 is 15.9 Å². The van der Waals surface area contributed by atoms with E-state index in [-0.39, 0.29) is 23.1 Å². The fourth-order valence-electron chi connectivity index (χ4n) is 2.01. The van der Waals surface area contributed by atoms with Gasteiger partial charge in [0.15, 0.2) is 0 Å². The van der Waals surface area contributed by atoms with Crippen molar-refractivity contribution in [2.24, 2.45) is 0 Å². The van der Waals surface area contributed by atoms with Gasteiger partial charge in [-0.1, -0.05) is 22.0 Å². The van der Waals surface area contributed by atoms with Gasteiger partial charge in [0.1, 0.15) is 12.1 Å². The zero-order valence-corrected chi connectivity index (χ0v) is 13.4. The Labute approximate surface area is 140 Å². The summed E-state index contributed by atoms with van der Waals surface area (Å²) in [4.78, 5) is 23.1.